The average molecular weight is 247 g/mol. The Bertz CT molecular complexity index is 352. The largest absolute Gasteiger partial charge is 0.271 e. The summed E-state index contributed by atoms with van der Waals surface area (Å²) in [5, 5.41) is 0. The van der Waals surface area contributed by atoms with Crippen molar-refractivity contribution in [2.24, 2.45) is 23.6 Å². The molecule has 0 aromatic carbocycles. The maximum absolute atomic E-state index is 5.76. The minimum Gasteiger partial charge on any atom is -0.271 e. The van der Waals surface area contributed by atoms with Crippen molar-refractivity contribution in [3.63, 3.8) is 0 Å². The van der Waals surface area contributed by atoms with E-state index in [0.29, 0.717) is 12.0 Å². The Labute approximate surface area is 110 Å². The molecule has 3 heteroatoms. The van der Waals surface area contributed by atoms with Crippen LogP contribution in [0.3, 0.4) is 0 Å². The Kier molecular flexibility index (Phi) is 4.72. The number of nitrogens with two attached hydrogens (primary N) is 1. The predicted octanol–water partition coefficient (Wildman–Crippen LogP) is 2.53. The van der Waals surface area contributed by atoms with Crippen LogP contribution in [0.2, 0.25) is 0 Å². The van der Waals surface area contributed by atoms with Crippen molar-refractivity contribution in [1.29, 1.82) is 0 Å². The maximum Gasteiger partial charge on any atom is 0.0300 e. The summed E-state index contributed by atoms with van der Waals surface area (Å²) in [6, 6.07) is 4.50. The molecule has 1 heterocycles. The van der Waals surface area contributed by atoms with Gasteiger partial charge in [-0.25, -0.2) is 0 Å². The lowest BCUT2D eigenvalue weighted by Crippen LogP contribution is -2.44. The van der Waals surface area contributed by atoms with E-state index in [2.05, 4.69) is 30.3 Å². The monoisotopic (exact) mass is 247 g/mol. The van der Waals surface area contributed by atoms with Gasteiger partial charge in [0.15, 0.2) is 0 Å². The number of aromatic nitrogens is 1. The molecule has 1 saturated carbocycles. The van der Waals surface area contributed by atoms with E-state index in [4.69, 9.17) is 5.84 Å². The molecular formula is C15H25N3. The van der Waals surface area contributed by atoms with Crippen LogP contribution in [0.4, 0.5) is 0 Å². The normalized spacial score (nSPS) is 30.1. The van der Waals surface area contributed by atoms with E-state index < -0.39 is 0 Å². The maximum atomic E-state index is 5.76. The molecule has 0 amide bonds. The van der Waals surface area contributed by atoms with E-state index in [1.165, 1.54) is 24.8 Å². The molecule has 1 aliphatic carbocycles. The fourth-order valence-electron chi connectivity index (χ4n) is 3.09. The van der Waals surface area contributed by atoms with Gasteiger partial charge >= 0.3 is 0 Å². The number of nitrogens with zero attached hydrogens (tertiary/aromatic N) is 1. The fraction of sp³-hybridized carbons (Fsp3) is 0.667. The molecule has 1 aromatic heterocycles. The van der Waals surface area contributed by atoms with Crippen molar-refractivity contribution in [2.45, 2.75) is 45.6 Å². The highest BCUT2D eigenvalue weighted by atomic mass is 15.2. The first kappa shape index (κ1) is 13.5. The van der Waals surface area contributed by atoms with Crippen molar-refractivity contribution in [1.82, 2.24) is 10.4 Å². The Balaban J connectivity index is 1.97. The third-order valence-electron chi connectivity index (χ3n) is 4.60. The molecule has 18 heavy (non-hydrogen) atoms. The van der Waals surface area contributed by atoms with Gasteiger partial charge in [-0.2, -0.15) is 0 Å². The predicted molar refractivity (Wildman–Crippen MR) is 74.7 cm³/mol. The van der Waals surface area contributed by atoms with E-state index in [1.807, 2.05) is 18.5 Å². The quantitative estimate of drug-likeness (QED) is 0.635. The Morgan fingerprint density at radius 3 is 2.83 bits per heavy atom. The van der Waals surface area contributed by atoms with Crippen LogP contribution in [0, 0.1) is 17.8 Å². The van der Waals surface area contributed by atoms with E-state index in [0.717, 1.165) is 18.3 Å². The minimum atomic E-state index is 0.379. The molecule has 0 bridgehead atoms. The van der Waals surface area contributed by atoms with Crippen LogP contribution in [0.5, 0.6) is 0 Å². The van der Waals surface area contributed by atoms with Crippen LogP contribution < -0.4 is 11.3 Å². The molecule has 1 fully saturated rings. The molecule has 0 radical (unpaired) electrons. The Hall–Kier alpha value is -0.930. The van der Waals surface area contributed by atoms with Crippen LogP contribution in [-0.4, -0.2) is 11.0 Å². The van der Waals surface area contributed by atoms with Crippen LogP contribution >= 0.6 is 0 Å². The number of hydrogen-bond donors (Lipinski definition) is 2. The summed E-state index contributed by atoms with van der Waals surface area (Å²) in [4.78, 5) is 4.18. The molecule has 4 atom stereocenters. The van der Waals surface area contributed by atoms with Gasteiger partial charge in [0.25, 0.3) is 0 Å². The lowest BCUT2D eigenvalue weighted by Gasteiger charge is -2.36. The molecule has 3 nitrogen and oxygen atoms in total. The summed E-state index contributed by atoms with van der Waals surface area (Å²) >= 11 is 0. The van der Waals surface area contributed by atoms with Gasteiger partial charge in [-0.15, -0.1) is 0 Å². The zero-order valence-electron chi connectivity index (χ0n) is 11.5. The molecule has 0 aliphatic heterocycles. The van der Waals surface area contributed by atoms with E-state index in [1.54, 1.807) is 0 Å². The van der Waals surface area contributed by atoms with Gasteiger partial charge in [0.05, 0.1) is 0 Å². The molecule has 100 valence electrons. The summed E-state index contributed by atoms with van der Waals surface area (Å²) in [6.45, 7) is 4.74. The second-order valence-corrected chi connectivity index (χ2v) is 5.87. The van der Waals surface area contributed by atoms with Crippen LogP contribution in [0.15, 0.2) is 24.5 Å². The summed E-state index contributed by atoms with van der Waals surface area (Å²) in [5.74, 6) is 8.13. The number of pyridine rings is 1. The molecule has 2 rings (SSSR count). The first-order valence-corrected chi connectivity index (χ1v) is 7.05. The van der Waals surface area contributed by atoms with Crippen molar-refractivity contribution >= 4 is 0 Å². The lowest BCUT2D eigenvalue weighted by molar-refractivity contribution is 0.170. The van der Waals surface area contributed by atoms with Crippen LogP contribution in [-0.2, 0) is 6.42 Å². The standard InChI is InChI=1S/C15H25N3/c1-11-5-6-14(8-12(11)2)15(18-16)9-13-4-3-7-17-10-13/h3-4,7,10-12,14-15,18H,5-6,8-9,16H2,1-2H3. The highest BCUT2D eigenvalue weighted by molar-refractivity contribution is 5.10. The summed E-state index contributed by atoms with van der Waals surface area (Å²) in [5.41, 5.74) is 4.30. The zero-order valence-corrected chi connectivity index (χ0v) is 11.5. The highest BCUT2D eigenvalue weighted by Gasteiger charge is 2.29. The molecule has 3 N–H and O–H groups in total. The number of hydrazine groups is 1. The van der Waals surface area contributed by atoms with Crippen molar-refractivity contribution in [3.05, 3.63) is 30.1 Å². The van der Waals surface area contributed by atoms with Gasteiger partial charge in [-0.3, -0.25) is 16.3 Å². The fourth-order valence-corrected chi connectivity index (χ4v) is 3.09. The van der Waals surface area contributed by atoms with Gasteiger partial charge in [0.2, 0.25) is 0 Å². The van der Waals surface area contributed by atoms with Gasteiger partial charge in [0.1, 0.15) is 0 Å². The smallest absolute Gasteiger partial charge is 0.0300 e. The van der Waals surface area contributed by atoms with Gasteiger partial charge in [-0.05, 0) is 48.6 Å². The highest BCUT2D eigenvalue weighted by Crippen LogP contribution is 2.35. The molecule has 0 saturated heterocycles. The van der Waals surface area contributed by atoms with Crippen LogP contribution in [0.25, 0.3) is 0 Å². The third kappa shape index (κ3) is 3.30. The summed E-state index contributed by atoms with van der Waals surface area (Å²) in [7, 11) is 0. The van der Waals surface area contributed by atoms with Crippen molar-refractivity contribution in [2.75, 3.05) is 0 Å². The van der Waals surface area contributed by atoms with Crippen molar-refractivity contribution < 1.29 is 0 Å². The molecule has 4 unspecified atom stereocenters. The molecule has 1 aliphatic rings. The first-order valence-electron chi connectivity index (χ1n) is 7.05. The van der Waals surface area contributed by atoms with Gasteiger partial charge < -0.3 is 0 Å². The van der Waals surface area contributed by atoms with Crippen molar-refractivity contribution in [3.8, 4) is 0 Å². The molecular weight excluding hydrogens is 222 g/mol. The zero-order chi connectivity index (χ0) is 13.0. The van der Waals surface area contributed by atoms with Crippen LogP contribution in [0.1, 0.15) is 38.7 Å². The molecule has 0 spiro atoms. The number of hydrogen-bond acceptors (Lipinski definition) is 3. The van der Waals surface area contributed by atoms with Gasteiger partial charge in [-0.1, -0.05) is 26.3 Å². The van der Waals surface area contributed by atoms with E-state index in [9.17, 15) is 0 Å². The minimum absolute atomic E-state index is 0.379. The Morgan fingerprint density at radius 2 is 2.22 bits per heavy atom. The topological polar surface area (TPSA) is 50.9 Å². The SMILES string of the molecule is CC1CCC(C(Cc2cccnc2)NN)CC1C. The summed E-state index contributed by atoms with van der Waals surface area (Å²) in [6.07, 6.45) is 8.65. The first-order chi connectivity index (χ1) is 8.70. The number of rotatable bonds is 4. The average Bonchev–Trinajstić information content (AvgIpc) is 2.40. The second kappa shape index (κ2) is 6.30. The number of nitrogens with one attached hydrogen (secondary N) is 1. The third-order valence-corrected chi connectivity index (χ3v) is 4.60. The second-order valence-electron chi connectivity index (χ2n) is 5.87. The van der Waals surface area contributed by atoms with E-state index >= 15 is 0 Å². The summed E-state index contributed by atoms with van der Waals surface area (Å²) < 4.78 is 0. The molecule has 1 aromatic rings. The lowest BCUT2D eigenvalue weighted by atomic mass is 9.72. The van der Waals surface area contributed by atoms with Gasteiger partial charge in [0, 0.05) is 18.4 Å². The van der Waals surface area contributed by atoms with E-state index in [-0.39, 0.29) is 0 Å². The Morgan fingerprint density at radius 1 is 1.39 bits per heavy atom.